The molecule has 2 rings (SSSR count). The van der Waals surface area contributed by atoms with Gasteiger partial charge in [-0.2, -0.15) is 4.40 Å². The van der Waals surface area contributed by atoms with Crippen molar-refractivity contribution in [3.05, 3.63) is 47.4 Å². The summed E-state index contributed by atoms with van der Waals surface area (Å²) in [5, 5.41) is 0. The van der Waals surface area contributed by atoms with E-state index in [1.165, 1.54) is 48.9 Å². The molecule has 8 heteroatoms. The highest BCUT2D eigenvalue weighted by atomic mass is 32.2. The maximum atomic E-state index is 13.0. The van der Waals surface area contributed by atoms with Gasteiger partial charge in [0.05, 0.1) is 26.0 Å². The van der Waals surface area contributed by atoms with Gasteiger partial charge in [0.15, 0.2) is 0 Å². The number of carbonyl (C=O) groups excluding carboxylic acids is 1. The van der Waals surface area contributed by atoms with Crippen molar-refractivity contribution >= 4 is 22.9 Å². The van der Waals surface area contributed by atoms with E-state index in [0.717, 1.165) is 0 Å². The minimum atomic E-state index is -1.79. The summed E-state index contributed by atoms with van der Waals surface area (Å²) in [6, 6.07) is 5.54. The molecule has 0 saturated carbocycles. The second-order valence-electron chi connectivity index (χ2n) is 4.33. The Hall–Kier alpha value is -2.06. The first-order chi connectivity index (χ1) is 10.6. The fourth-order valence-corrected chi connectivity index (χ4v) is 2.79. The van der Waals surface area contributed by atoms with Gasteiger partial charge in [-0.3, -0.25) is 4.31 Å². The van der Waals surface area contributed by atoms with Crippen molar-refractivity contribution in [2.45, 2.75) is 0 Å². The number of allylic oxidation sites excluding steroid dienone is 1. The third-order valence-electron chi connectivity index (χ3n) is 2.94. The predicted octanol–water partition coefficient (Wildman–Crippen LogP) is 1.21. The van der Waals surface area contributed by atoms with E-state index in [2.05, 4.69) is 4.40 Å². The molecule has 0 radical (unpaired) electrons. The van der Waals surface area contributed by atoms with E-state index in [1.54, 1.807) is 0 Å². The van der Waals surface area contributed by atoms with Crippen LogP contribution in [-0.2, 0) is 25.4 Å². The SMILES string of the molecule is COCCN1C(C(=O)OC)=CC(c2ccc(F)cc2)=NS1=O. The quantitative estimate of drug-likeness (QED) is 0.763. The smallest absolute Gasteiger partial charge is 0.355 e. The molecule has 1 aromatic rings. The minimum absolute atomic E-state index is 0.118. The Morgan fingerprint density at radius 2 is 2.00 bits per heavy atom. The number of ether oxygens (including phenoxy) is 2. The zero-order valence-corrected chi connectivity index (χ0v) is 12.9. The summed E-state index contributed by atoms with van der Waals surface area (Å²) < 4.78 is 40.2. The summed E-state index contributed by atoms with van der Waals surface area (Å²) in [5.74, 6) is -1.01. The molecule has 0 saturated heterocycles. The first kappa shape index (κ1) is 16.3. The Morgan fingerprint density at radius 3 is 2.59 bits per heavy atom. The summed E-state index contributed by atoms with van der Waals surface area (Å²) >= 11 is -1.79. The van der Waals surface area contributed by atoms with E-state index in [4.69, 9.17) is 9.47 Å². The van der Waals surface area contributed by atoms with Crippen molar-refractivity contribution in [1.29, 1.82) is 0 Å². The Bertz CT molecular complexity index is 643. The van der Waals surface area contributed by atoms with Crippen molar-refractivity contribution in [3.8, 4) is 0 Å². The number of esters is 1. The Kier molecular flexibility index (Phi) is 5.40. The molecule has 1 unspecified atom stereocenters. The molecular weight excluding hydrogens is 311 g/mol. The molecule has 1 aliphatic rings. The first-order valence-electron chi connectivity index (χ1n) is 6.40. The number of carbonyl (C=O) groups is 1. The zero-order chi connectivity index (χ0) is 16.1. The lowest BCUT2D eigenvalue weighted by Gasteiger charge is -2.25. The van der Waals surface area contributed by atoms with Gasteiger partial charge >= 0.3 is 5.97 Å². The monoisotopic (exact) mass is 326 g/mol. The van der Waals surface area contributed by atoms with Gasteiger partial charge in [-0.05, 0) is 30.3 Å². The molecular formula is C14H15FN2O4S. The van der Waals surface area contributed by atoms with Gasteiger partial charge in [0.2, 0.25) is 11.2 Å². The fourth-order valence-electron chi connectivity index (χ4n) is 1.84. The topological polar surface area (TPSA) is 68.2 Å². The van der Waals surface area contributed by atoms with Crippen LogP contribution in [0.1, 0.15) is 5.56 Å². The molecule has 1 aromatic carbocycles. The second-order valence-corrected chi connectivity index (χ2v) is 5.41. The maximum Gasteiger partial charge on any atom is 0.355 e. The van der Waals surface area contributed by atoms with Gasteiger partial charge in [-0.1, -0.05) is 0 Å². The van der Waals surface area contributed by atoms with Crippen LogP contribution in [0.4, 0.5) is 4.39 Å². The standard InChI is InChI=1S/C14H15FN2O4S/c1-20-8-7-17-13(14(18)21-2)9-12(16-22(17)19)10-3-5-11(15)6-4-10/h3-6,9H,7-8H2,1-2H3. The molecule has 0 aromatic heterocycles. The molecule has 0 spiro atoms. The Labute approximate surface area is 130 Å². The van der Waals surface area contributed by atoms with E-state index in [-0.39, 0.29) is 24.7 Å². The molecule has 118 valence electrons. The van der Waals surface area contributed by atoms with Crippen LogP contribution in [-0.4, -0.2) is 47.6 Å². The van der Waals surface area contributed by atoms with Crippen LogP contribution in [0, 0.1) is 5.82 Å². The van der Waals surface area contributed by atoms with Crippen LogP contribution in [0.15, 0.2) is 40.4 Å². The summed E-state index contributed by atoms with van der Waals surface area (Å²) in [6.07, 6.45) is 1.47. The van der Waals surface area contributed by atoms with Crippen LogP contribution in [0.25, 0.3) is 0 Å². The third-order valence-corrected chi connectivity index (χ3v) is 4.05. The fraction of sp³-hybridized carbons (Fsp3) is 0.286. The zero-order valence-electron chi connectivity index (χ0n) is 12.1. The Morgan fingerprint density at radius 1 is 1.32 bits per heavy atom. The Balaban J connectivity index is 2.37. The molecule has 0 fully saturated rings. The van der Waals surface area contributed by atoms with Gasteiger partial charge in [0.25, 0.3) is 0 Å². The lowest BCUT2D eigenvalue weighted by atomic mass is 10.1. The van der Waals surface area contributed by atoms with Gasteiger partial charge < -0.3 is 9.47 Å². The van der Waals surface area contributed by atoms with Crippen LogP contribution in [0.2, 0.25) is 0 Å². The number of hydrogen-bond acceptors (Lipinski definition) is 4. The van der Waals surface area contributed by atoms with Crippen molar-refractivity contribution in [1.82, 2.24) is 4.31 Å². The van der Waals surface area contributed by atoms with E-state index in [0.29, 0.717) is 11.3 Å². The summed E-state index contributed by atoms with van der Waals surface area (Å²) in [6.45, 7) is 0.506. The summed E-state index contributed by atoms with van der Waals surface area (Å²) in [5.41, 5.74) is 1.00. The molecule has 1 aliphatic heterocycles. The van der Waals surface area contributed by atoms with Gasteiger partial charge in [0.1, 0.15) is 11.5 Å². The first-order valence-corrected chi connectivity index (χ1v) is 7.46. The van der Waals surface area contributed by atoms with Gasteiger partial charge in [-0.15, -0.1) is 0 Å². The van der Waals surface area contributed by atoms with E-state index in [9.17, 15) is 13.4 Å². The number of halogens is 1. The van der Waals surface area contributed by atoms with Gasteiger partial charge in [0, 0.05) is 12.7 Å². The van der Waals surface area contributed by atoms with Crippen molar-refractivity contribution in [3.63, 3.8) is 0 Å². The highest BCUT2D eigenvalue weighted by Gasteiger charge is 2.28. The average molecular weight is 326 g/mol. The molecule has 0 bridgehead atoms. The predicted molar refractivity (Wildman–Crippen MR) is 79.8 cm³/mol. The average Bonchev–Trinajstić information content (AvgIpc) is 2.53. The van der Waals surface area contributed by atoms with Crippen LogP contribution >= 0.6 is 0 Å². The van der Waals surface area contributed by atoms with Crippen LogP contribution < -0.4 is 0 Å². The van der Waals surface area contributed by atoms with E-state index < -0.39 is 17.1 Å². The largest absolute Gasteiger partial charge is 0.464 e. The molecule has 0 amide bonds. The number of nitrogens with zero attached hydrogens (tertiary/aromatic N) is 2. The number of methoxy groups -OCH3 is 2. The molecule has 22 heavy (non-hydrogen) atoms. The molecule has 6 nitrogen and oxygen atoms in total. The minimum Gasteiger partial charge on any atom is -0.464 e. The lowest BCUT2D eigenvalue weighted by Crippen LogP contribution is -2.35. The lowest BCUT2D eigenvalue weighted by molar-refractivity contribution is -0.137. The number of rotatable bonds is 5. The van der Waals surface area contributed by atoms with Gasteiger partial charge in [-0.25, -0.2) is 13.4 Å². The van der Waals surface area contributed by atoms with Crippen molar-refractivity contribution in [2.75, 3.05) is 27.4 Å². The molecule has 1 heterocycles. The highest BCUT2D eigenvalue weighted by Crippen LogP contribution is 2.19. The molecule has 0 aliphatic carbocycles. The normalized spacial score (nSPS) is 17.8. The van der Waals surface area contributed by atoms with E-state index >= 15 is 0 Å². The van der Waals surface area contributed by atoms with Crippen LogP contribution in [0.3, 0.4) is 0 Å². The van der Waals surface area contributed by atoms with Crippen molar-refractivity contribution in [2.24, 2.45) is 4.40 Å². The van der Waals surface area contributed by atoms with Crippen molar-refractivity contribution < 1.29 is 22.9 Å². The molecule has 1 atom stereocenters. The third kappa shape index (κ3) is 3.58. The maximum absolute atomic E-state index is 13.0. The highest BCUT2D eigenvalue weighted by molar-refractivity contribution is 7.81. The number of benzene rings is 1. The molecule has 0 N–H and O–H groups in total. The van der Waals surface area contributed by atoms with Crippen LogP contribution in [0.5, 0.6) is 0 Å². The van der Waals surface area contributed by atoms with E-state index in [1.807, 2.05) is 0 Å². The summed E-state index contributed by atoms with van der Waals surface area (Å²) in [4.78, 5) is 11.9. The summed E-state index contributed by atoms with van der Waals surface area (Å²) in [7, 11) is 2.74. The number of hydrogen-bond donors (Lipinski definition) is 0. The second kappa shape index (κ2) is 7.28.